The summed E-state index contributed by atoms with van der Waals surface area (Å²) in [6.45, 7) is 11.3. The van der Waals surface area contributed by atoms with Crippen molar-refractivity contribution in [2.45, 2.75) is 33.2 Å². The molecule has 0 aromatic heterocycles. The van der Waals surface area contributed by atoms with Gasteiger partial charge in [0.15, 0.2) is 0 Å². The molecule has 1 heterocycles. The number of halogens is 2. The fraction of sp³-hybridized carbons (Fsp3) is 0.600. The highest BCUT2D eigenvalue weighted by Crippen LogP contribution is 2.27. The van der Waals surface area contributed by atoms with Crippen LogP contribution in [0.3, 0.4) is 0 Å². The van der Waals surface area contributed by atoms with Gasteiger partial charge in [-0.05, 0) is 31.4 Å². The summed E-state index contributed by atoms with van der Waals surface area (Å²) in [6, 6.07) is 7.46. The maximum absolute atomic E-state index is 3.43. The van der Waals surface area contributed by atoms with Gasteiger partial charge >= 0.3 is 0 Å². The highest BCUT2D eigenvalue weighted by Gasteiger charge is 2.21. The zero-order chi connectivity index (χ0) is 12.3. The molecule has 1 aromatic carbocycles. The lowest BCUT2D eigenvalue weighted by Crippen LogP contribution is -2.45. The van der Waals surface area contributed by atoms with Crippen LogP contribution in [0.25, 0.3) is 0 Å². The van der Waals surface area contributed by atoms with Gasteiger partial charge in [-0.25, -0.2) is 0 Å². The Balaban J connectivity index is 0.00000162. The van der Waals surface area contributed by atoms with E-state index in [1.807, 2.05) is 0 Å². The Morgan fingerprint density at radius 3 is 2.32 bits per heavy atom. The summed E-state index contributed by atoms with van der Waals surface area (Å²) in [5.41, 5.74) is 4.32. The van der Waals surface area contributed by atoms with E-state index in [4.69, 9.17) is 0 Å². The molecule has 0 saturated carbocycles. The van der Waals surface area contributed by atoms with Crippen LogP contribution in [0.5, 0.6) is 0 Å². The second kappa shape index (κ2) is 8.80. The van der Waals surface area contributed by atoms with Crippen LogP contribution in [0.15, 0.2) is 18.2 Å². The second-order valence-corrected chi connectivity index (χ2v) is 5.07. The number of hydrogen-bond acceptors (Lipinski definition) is 2. The highest BCUT2D eigenvalue weighted by molar-refractivity contribution is 5.85. The molecule has 0 aliphatic carbocycles. The minimum absolute atomic E-state index is 0. The van der Waals surface area contributed by atoms with Crippen molar-refractivity contribution in [2.24, 2.45) is 0 Å². The largest absolute Gasteiger partial charge is 0.314 e. The van der Waals surface area contributed by atoms with E-state index < -0.39 is 0 Å². The molecule has 2 rings (SSSR count). The predicted octanol–water partition coefficient (Wildman–Crippen LogP) is 3.50. The lowest BCUT2D eigenvalue weighted by molar-refractivity contribution is 0.169. The minimum atomic E-state index is 0. The maximum atomic E-state index is 3.43. The molecule has 0 radical (unpaired) electrons. The summed E-state index contributed by atoms with van der Waals surface area (Å²) in [4.78, 5) is 2.62. The third-order valence-corrected chi connectivity index (χ3v) is 3.76. The molecule has 19 heavy (non-hydrogen) atoms. The standard InChI is InChI=1S/C15H24N2.2ClH/c1-4-15(17-9-7-16-8-10-17)14-6-5-12(2)11-13(14)3;;/h5-6,11,15-16H,4,7-10H2,1-3H3;2*1H/t15-;;/m1../s1. The van der Waals surface area contributed by atoms with Gasteiger partial charge in [0.05, 0.1) is 0 Å². The lowest BCUT2D eigenvalue weighted by atomic mass is 9.96. The van der Waals surface area contributed by atoms with Crippen LogP contribution in [0.4, 0.5) is 0 Å². The first kappa shape index (κ1) is 18.7. The van der Waals surface area contributed by atoms with Gasteiger partial charge in [0.25, 0.3) is 0 Å². The molecule has 0 bridgehead atoms. The molecule has 1 aliphatic rings. The third kappa shape index (κ3) is 4.64. The minimum Gasteiger partial charge on any atom is -0.314 e. The zero-order valence-electron chi connectivity index (χ0n) is 12.1. The molecule has 110 valence electrons. The van der Waals surface area contributed by atoms with E-state index in [9.17, 15) is 0 Å². The van der Waals surface area contributed by atoms with Gasteiger partial charge in [0, 0.05) is 32.2 Å². The molecular formula is C15H26Cl2N2. The SMILES string of the molecule is CC[C@H](c1ccc(C)cc1C)N1CCNCC1.Cl.Cl. The summed E-state index contributed by atoms with van der Waals surface area (Å²) in [5.74, 6) is 0. The maximum Gasteiger partial charge on any atom is 0.0349 e. The van der Waals surface area contributed by atoms with Gasteiger partial charge in [-0.15, -0.1) is 24.8 Å². The molecule has 1 aromatic rings. The van der Waals surface area contributed by atoms with E-state index in [-0.39, 0.29) is 24.8 Å². The van der Waals surface area contributed by atoms with E-state index in [0.717, 1.165) is 13.1 Å². The Bertz CT molecular complexity index is 376. The van der Waals surface area contributed by atoms with Crippen LogP contribution in [-0.4, -0.2) is 31.1 Å². The number of piperazine rings is 1. The van der Waals surface area contributed by atoms with Gasteiger partial charge in [-0.3, -0.25) is 4.90 Å². The fourth-order valence-electron chi connectivity index (χ4n) is 2.87. The summed E-state index contributed by atoms with van der Waals surface area (Å²) in [5, 5.41) is 3.43. The average Bonchev–Trinajstić information content (AvgIpc) is 2.34. The summed E-state index contributed by atoms with van der Waals surface area (Å²) in [6.07, 6.45) is 1.20. The monoisotopic (exact) mass is 304 g/mol. The van der Waals surface area contributed by atoms with Crippen LogP contribution < -0.4 is 5.32 Å². The van der Waals surface area contributed by atoms with Gasteiger partial charge in [0.2, 0.25) is 0 Å². The number of nitrogens with one attached hydrogen (secondary N) is 1. The van der Waals surface area contributed by atoms with Crippen molar-refractivity contribution in [3.05, 3.63) is 34.9 Å². The number of rotatable bonds is 3. The summed E-state index contributed by atoms with van der Waals surface area (Å²) in [7, 11) is 0. The molecule has 0 amide bonds. The number of benzene rings is 1. The van der Waals surface area contributed by atoms with Crippen molar-refractivity contribution in [2.75, 3.05) is 26.2 Å². The second-order valence-electron chi connectivity index (χ2n) is 5.07. The normalized spacial score (nSPS) is 17.2. The number of hydrogen-bond donors (Lipinski definition) is 1. The van der Waals surface area contributed by atoms with Crippen molar-refractivity contribution in [3.63, 3.8) is 0 Å². The topological polar surface area (TPSA) is 15.3 Å². The molecule has 2 nitrogen and oxygen atoms in total. The molecule has 1 N–H and O–H groups in total. The van der Waals surface area contributed by atoms with Gasteiger partial charge in [-0.1, -0.05) is 30.7 Å². The molecule has 1 aliphatic heterocycles. The molecule has 0 spiro atoms. The smallest absolute Gasteiger partial charge is 0.0349 e. The van der Waals surface area contributed by atoms with Crippen molar-refractivity contribution in [1.82, 2.24) is 10.2 Å². The Morgan fingerprint density at radius 1 is 1.16 bits per heavy atom. The fourth-order valence-corrected chi connectivity index (χ4v) is 2.87. The van der Waals surface area contributed by atoms with Gasteiger partial charge in [-0.2, -0.15) is 0 Å². The van der Waals surface area contributed by atoms with E-state index in [2.05, 4.69) is 49.2 Å². The summed E-state index contributed by atoms with van der Waals surface area (Å²) >= 11 is 0. The first-order valence-corrected chi connectivity index (χ1v) is 6.74. The molecule has 1 fully saturated rings. The van der Waals surface area contributed by atoms with E-state index in [1.54, 1.807) is 0 Å². The molecule has 1 saturated heterocycles. The van der Waals surface area contributed by atoms with Crippen LogP contribution in [0.2, 0.25) is 0 Å². The van der Waals surface area contributed by atoms with E-state index >= 15 is 0 Å². The lowest BCUT2D eigenvalue weighted by Gasteiger charge is -2.35. The van der Waals surface area contributed by atoms with Crippen LogP contribution in [-0.2, 0) is 0 Å². The zero-order valence-corrected chi connectivity index (χ0v) is 13.7. The third-order valence-electron chi connectivity index (χ3n) is 3.76. The van der Waals surface area contributed by atoms with Gasteiger partial charge < -0.3 is 5.32 Å². The van der Waals surface area contributed by atoms with Crippen molar-refractivity contribution >= 4 is 24.8 Å². The first-order chi connectivity index (χ1) is 8.22. The van der Waals surface area contributed by atoms with E-state index in [0.29, 0.717) is 6.04 Å². The summed E-state index contributed by atoms with van der Waals surface area (Å²) < 4.78 is 0. The Labute approximate surface area is 129 Å². The molecule has 1 atom stereocenters. The Morgan fingerprint density at radius 2 is 1.79 bits per heavy atom. The molecule has 0 unspecified atom stereocenters. The predicted molar refractivity (Wildman–Crippen MR) is 87.9 cm³/mol. The van der Waals surface area contributed by atoms with Crippen molar-refractivity contribution in [3.8, 4) is 0 Å². The van der Waals surface area contributed by atoms with E-state index in [1.165, 1.54) is 36.2 Å². The van der Waals surface area contributed by atoms with Gasteiger partial charge in [0.1, 0.15) is 0 Å². The van der Waals surface area contributed by atoms with Crippen molar-refractivity contribution in [1.29, 1.82) is 0 Å². The highest BCUT2D eigenvalue weighted by atomic mass is 35.5. The van der Waals surface area contributed by atoms with Crippen LogP contribution >= 0.6 is 24.8 Å². The average molecular weight is 305 g/mol. The number of aryl methyl sites for hydroxylation is 2. The quantitative estimate of drug-likeness (QED) is 0.919. The van der Waals surface area contributed by atoms with Crippen molar-refractivity contribution < 1.29 is 0 Å². The molecule has 4 heteroatoms. The molecular weight excluding hydrogens is 279 g/mol. The Hall–Kier alpha value is -0.280. The van der Waals surface area contributed by atoms with Crippen LogP contribution in [0.1, 0.15) is 36.1 Å². The first-order valence-electron chi connectivity index (χ1n) is 6.74. The van der Waals surface area contributed by atoms with Crippen LogP contribution in [0, 0.1) is 13.8 Å². The number of nitrogens with zero attached hydrogens (tertiary/aromatic N) is 1. The Kier molecular flexibility index (Phi) is 8.67.